The SMILES string of the molecule is CC(C)OC(=N)CN1CCCC1=NCCCC(=O)O.Cl. The maximum absolute atomic E-state index is 10.4. The standard InChI is InChI=1S/C13H23N3O3.ClH/c1-10(2)19-11(14)9-16-8-4-5-12(16)15-7-3-6-13(17)18;/h10,14H,3-9H2,1-2H3,(H,17,18);1H. The van der Waals surface area contributed by atoms with Crippen molar-refractivity contribution in [3.8, 4) is 0 Å². The lowest BCUT2D eigenvalue weighted by Crippen LogP contribution is -2.32. The average molecular weight is 306 g/mol. The molecule has 0 aliphatic carbocycles. The van der Waals surface area contributed by atoms with Crippen LogP contribution in [0.2, 0.25) is 0 Å². The molecule has 0 amide bonds. The molecule has 1 saturated heterocycles. The molecule has 0 spiro atoms. The largest absolute Gasteiger partial charge is 0.481 e. The number of carboxylic acid groups (broad SMARTS) is 1. The van der Waals surface area contributed by atoms with Crippen molar-refractivity contribution in [1.29, 1.82) is 5.41 Å². The number of likely N-dealkylation sites (tertiary alicyclic amines) is 1. The molecule has 0 aromatic heterocycles. The topological polar surface area (TPSA) is 86.0 Å². The third-order valence-corrected chi connectivity index (χ3v) is 2.75. The Kier molecular flexibility index (Phi) is 8.96. The number of aliphatic carboxylic acids is 1. The number of hydrogen-bond acceptors (Lipinski definition) is 4. The van der Waals surface area contributed by atoms with Crippen LogP contribution in [-0.4, -0.2) is 53.4 Å². The lowest BCUT2D eigenvalue weighted by Gasteiger charge is -2.20. The molecule has 0 unspecified atom stereocenters. The molecular weight excluding hydrogens is 282 g/mol. The summed E-state index contributed by atoms with van der Waals surface area (Å²) in [7, 11) is 0. The van der Waals surface area contributed by atoms with E-state index in [4.69, 9.17) is 15.3 Å². The number of amidine groups is 1. The predicted molar refractivity (Wildman–Crippen MR) is 81.2 cm³/mol. The summed E-state index contributed by atoms with van der Waals surface area (Å²) in [5, 5.41) is 16.3. The maximum atomic E-state index is 10.4. The van der Waals surface area contributed by atoms with Crippen molar-refractivity contribution in [2.45, 2.75) is 45.6 Å². The first-order valence-corrected chi connectivity index (χ1v) is 6.73. The molecule has 1 heterocycles. The molecule has 1 rings (SSSR count). The molecule has 0 atom stereocenters. The first kappa shape index (κ1) is 18.7. The van der Waals surface area contributed by atoms with E-state index >= 15 is 0 Å². The van der Waals surface area contributed by atoms with E-state index in [-0.39, 0.29) is 30.8 Å². The third kappa shape index (κ3) is 7.33. The second kappa shape index (κ2) is 9.58. The fraction of sp³-hybridized carbons (Fsp3) is 0.769. The molecule has 0 saturated carbocycles. The van der Waals surface area contributed by atoms with Gasteiger partial charge in [-0.25, -0.2) is 0 Å². The highest BCUT2D eigenvalue weighted by Crippen LogP contribution is 2.12. The lowest BCUT2D eigenvalue weighted by atomic mass is 10.3. The Hall–Kier alpha value is -1.30. The van der Waals surface area contributed by atoms with Crippen molar-refractivity contribution in [1.82, 2.24) is 4.90 Å². The fourth-order valence-corrected chi connectivity index (χ4v) is 2.00. The summed E-state index contributed by atoms with van der Waals surface area (Å²) in [6.45, 7) is 5.69. The Labute approximate surface area is 126 Å². The minimum atomic E-state index is -0.782. The number of nitrogens with one attached hydrogen (secondary N) is 1. The number of aliphatic imine (C=N–C) groups is 1. The van der Waals surface area contributed by atoms with E-state index in [1.807, 2.05) is 18.7 Å². The van der Waals surface area contributed by atoms with Crippen LogP contribution in [0.5, 0.6) is 0 Å². The Bertz CT molecular complexity index is 359. The highest BCUT2D eigenvalue weighted by Gasteiger charge is 2.20. The Morgan fingerprint density at radius 1 is 1.55 bits per heavy atom. The van der Waals surface area contributed by atoms with Crippen LogP contribution >= 0.6 is 12.4 Å². The Morgan fingerprint density at radius 2 is 2.25 bits per heavy atom. The van der Waals surface area contributed by atoms with E-state index in [0.29, 0.717) is 19.5 Å². The van der Waals surface area contributed by atoms with E-state index in [2.05, 4.69) is 4.99 Å². The fourth-order valence-electron chi connectivity index (χ4n) is 2.00. The minimum absolute atomic E-state index is 0. The molecule has 1 fully saturated rings. The molecule has 0 aromatic carbocycles. The highest BCUT2D eigenvalue weighted by atomic mass is 35.5. The van der Waals surface area contributed by atoms with Gasteiger partial charge in [-0.2, -0.15) is 0 Å². The van der Waals surface area contributed by atoms with E-state index in [9.17, 15) is 4.79 Å². The molecule has 1 aliphatic rings. The van der Waals surface area contributed by atoms with Gasteiger partial charge in [0.05, 0.1) is 18.5 Å². The molecule has 116 valence electrons. The van der Waals surface area contributed by atoms with Crippen LogP contribution in [0.3, 0.4) is 0 Å². The average Bonchev–Trinajstić information content (AvgIpc) is 2.70. The van der Waals surface area contributed by atoms with Crippen LogP contribution in [0.4, 0.5) is 0 Å². The number of hydrogen-bond donors (Lipinski definition) is 2. The van der Waals surface area contributed by atoms with Crippen LogP contribution < -0.4 is 0 Å². The molecule has 0 bridgehead atoms. The summed E-state index contributed by atoms with van der Waals surface area (Å²) >= 11 is 0. The molecule has 7 heteroatoms. The highest BCUT2D eigenvalue weighted by molar-refractivity contribution is 5.88. The van der Waals surface area contributed by atoms with Gasteiger partial charge in [0, 0.05) is 25.9 Å². The van der Waals surface area contributed by atoms with Gasteiger partial charge in [0.2, 0.25) is 5.90 Å². The van der Waals surface area contributed by atoms with Crippen molar-refractivity contribution >= 4 is 30.1 Å². The van der Waals surface area contributed by atoms with E-state index in [0.717, 1.165) is 25.2 Å². The van der Waals surface area contributed by atoms with E-state index < -0.39 is 5.97 Å². The molecule has 0 radical (unpaired) electrons. The van der Waals surface area contributed by atoms with Crippen molar-refractivity contribution in [3.05, 3.63) is 0 Å². The summed E-state index contributed by atoms with van der Waals surface area (Å²) < 4.78 is 5.33. The van der Waals surface area contributed by atoms with Gasteiger partial charge in [-0.05, 0) is 26.7 Å². The van der Waals surface area contributed by atoms with Crippen LogP contribution in [0.1, 0.15) is 39.5 Å². The van der Waals surface area contributed by atoms with Gasteiger partial charge in [-0.3, -0.25) is 15.2 Å². The first-order chi connectivity index (χ1) is 8.99. The zero-order valence-corrected chi connectivity index (χ0v) is 12.9. The summed E-state index contributed by atoms with van der Waals surface area (Å²) in [4.78, 5) is 16.9. The number of halogens is 1. The zero-order valence-electron chi connectivity index (χ0n) is 12.1. The van der Waals surface area contributed by atoms with Gasteiger partial charge in [0.15, 0.2) is 0 Å². The quantitative estimate of drug-likeness (QED) is 0.429. The first-order valence-electron chi connectivity index (χ1n) is 6.73. The van der Waals surface area contributed by atoms with Crippen LogP contribution in [0.15, 0.2) is 4.99 Å². The molecule has 1 aliphatic heterocycles. The maximum Gasteiger partial charge on any atom is 0.303 e. The predicted octanol–water partition coefficient (Wildman–Crippen LogP) is 2.17. The number of nitrogens with zero attached hydrogens (tertiary/aromatic N) is 2. The second-order valence-corrected chi connectivity index (χ2v) is 4.91. The van der Waals surface area contributed by atoms with Crippen molar-refractivity contribution < 1.29 is 14.6 Å². The number of rotatable bonds is 7. The van der Waals surface area contributed by atoms with Gasteiger partial charge in [-0.15, -0.1) is 12.4 Å². The minimum Gasteiger partial charge on any atom is -0.481 e. The van der Waals surface area contributed by atoms with Gasteiger partial charge in [0.25, 0.3) is 0 Å². The number of ether oxygens (including phenoxy) is 1. The van der Waals surface area contributed by atoms with Gasteiger partial charge < -0.3 is 14.7 Å². The van der Waals surface area contributed by atoms with Crippen LogP contribution in [-0.2, 0) is 9.53 Å². The monoisotopic (exact) mass is 305 g/mol. The van der Waals surface area contributed by atoms with Crippen molar-refractivity contribution in [2.24, 2.45) is 4.99 Å². The normalized spacial score (nSPS) is 16.4. The summed E-state index contributed by atoms with van der Waals surface area (Å²) in [5.41, 5.74) is 0. The Balaban J connectivity index is 0.00000361. The smallest absolute Gasteiger partial charge is 0.303 e. The van der Waals surface area contributed by atoms with Crippen molar-refractivity contribution in [3.63, 3.8) is 0 Å². The molecule has 2 N–H and O–H groups in total. The Morgan fingerprint density at radius 3 is 2.85 bits per heavy atom. The zero-order chi connectivity index (χ0) is 14.3. The third-order valence-electron chi connectivity index (χ3n) is 2.75. The lowest BCUT2D eigenvalue weighted by molar-refractivity contribution is -0.137. The molecular formula is C13H24ClN3O3. The van der Waals surface area contributed by atoms with Crippen LogP contribution in [0.25, 0.3) is 0 Å². The van der Waals surface area contributed by atoms with Crippen LogP contribution in [0, 0.1) is 5.41 Å². The molecule has 6 nitrogen and oxygen atoms in total. The second-order valence-electron chi connectivity index (χ2n) is 4.91. The van der Waals surface area contributed by atoms with E-state index in [1.54, 1.807) is 0 Å². The molecule has 20 heavy (non-hydrogen) atoms. The number of carbonyl (C=O) groups is 1. The summed E-state index contributed by atoms with van der Waals surface area (Å²) in [6.07, 6.45) is 2.68. The van der Waals surface area contributed by atoms with Gasteiger partial charge in [-0.1, -0.05) is 0 Å². The molecule has 0 aromatic rings. The van der Waals surface area contributed by atoms with E-state index in [1.165, 1.54) is 0 Å². The number of carboxylic acids is 1. The van der Waals surface area contributed by atoms with Gasteiger partial charge >= 0.3 is 5.97 Å². The van der Waals surface area contributed by atoms with Gasteiger partial charge in [0.1, 0.15) is 0 Å². The summed E-state index contributed by atoms with van der Waals surface area (Å²) in [5.74, 6) is 0.452. The summed E-state index contributed by atoms with van der Waals surface area (Å²) in [6, 6.07) is 0. The van der Waals surface area contributed by atoms with Crippen molar-refractivity contribution in [2.75, 3.05) is 19.6 Å².